The van der Waals surface area contributed by atoms with Gasteiger partial charge < -0.3 is 10.0 Å². The van der Waals surface area contributed by atoms with E-state index in [0.717, 1.165) is 12.1 Å². The summed E-state index contributed by atoms with van der Waals surface area (Å²) in [6, 6.07) is 2.74. The van der Waals surface area contributed by atoms with Gasteiger partial charge in [-0.1, -0.05) is 0 Å². The van der Waals surface area contributed by atoms with Crippen LogP contribution in [0, 0.1) is 6.92 Å². The second-order valence-corrected chi connectivity index (χ2v) is 4.18. The topological polar surface area (TPSA) is 70.5 Å². The first-order valence-corrected chi connectivity index (χ1v) is 5.56. The van der Waals surface area contributed by atoms with Gasteiger partial charge in [-0.25, -0.2) is 4.79 Å². The smallest absolute Gasteiger partial charge is 0.326 e. The zero-order valence-electron chi connectivity index (χ0n) is 9.59. The molecule has 1 N–H and O–H groups in total. The van der Waals surface area contributed by atoms with Crippen LogP contribution in [0.1, 0.15) is 28.9 Å². The fourth-order valence-electron chi connectivity index (χ4n) is 2.03. The van der Waals surface area contributed by atoms with Crippen molar-refractivity contribution in [2.45, 2.75) is 25.8 Å². The molecule has 5 heteroatoms. The molecule has 1 aliphatic rings. The quantitative estimate of drug-likeness (QED) is 0.831. The Kier molecular flexibility index (Phi) is 3.08. The number of aliphatic carboxylic acids is 1. The molecule has 2 heterocycles. The van der Waals surface area contributed by atoms with E-state index in [4.69, 9.17) is 5.11 Å². The Bertz CT molecular complexity index is 442. The van der Waals surface area contributed by atoms with Gasteiger partial charge in [0, 0.05) is 18.4 Å². The van der Waals surface area contributed by atoms with Crippen molar-refractivity contribution in [3.8, 4) is 0 Å². The number of aryl methyl sites for hydroxylation is 1. The first kappa shape index (κ1) is 11.6. The van der Waals surface area contributed by atoms with Crippen LogP contribution < -0.4 is 0 Å². The van der Waals surface area contributed by atoms with Gasteiger partial charge in [-0.2, -0.15) is 0 Å². The molecule has 0 radical (unpaired) electrons. The van der Waals surface area contributed by atoms with Crippen molar-refractivity contribution in [3.05, 3.63) is 29.6 Å². The van der Waals surface area contributed by atoms with Crippen LogP contribution in [0.2, 0.25) is 0 Å². The summed E-state index contributed by atoms with van der Waals surface area (Å²) in [7, 11) is 0. The van der Waals surface area contributed by atoms with Gasteiger partial charge in [0.15, 0.2) is 0 Å². The normalized spacial score (nSPS) is 19.4. The molecule has 0 saturated carbocycles. The van der Waals surface area contributed by atoms with Crippen molar-refractivity contribution < 1.29 is 14.7 Å². The molecular weight excluding hydrogens is 220 g/mol. The molecule has 1 aromatic rings. The number of carbonyl (C=O) groups is 2. The average molecular weight is 234 g/mol. The molecular formula is C12H14N2O3. The van der Waals surface area contributed by atoms with E-state index in [2.05, 4.69) is 4.98 Å². The molecule has 5 nitrogen and oxygen atoms in total. The SMILES string of the molecule is Cc1ccc(C(=O)N2CCCC2C(=O)O)cn1. The van der Waals surface area contributed by atoms with Gasteiger partial charge in [0.1, 0.15) is 6.04 Å². The number of carboxylic acid groups (broad SMARTS) is 1. The van der Waals surface area contributed by atoms with Crippen molar-refractivity contribution in [2.24, 2.45) is 0 Å². The third-order valence-electron chi connectivity index (χ3n) is 2.96. The van der Waals surface area contributed by atoms with Gasteiger partial charge in [0.05, 0.1) is 5.56 Å². The van der Waals surface area contributed by atoms with Crippen LogP contribution in [-0.2, 0) is 4.79 Å². The first-order valence-electron chi connectivity index (χ1n) is 5.56. The van der Waals surface area contributed by atoms with Crippen molar-refractivity contribution in [2.75, 3.05) is 6.54 Å². The minimum Gasteiger partial charge on any atom is -0.480 e. The van der Waals surface area contributed by atoms with E-state index in [1.807, 2.05) is 6.92 Å². The fraction of sp³-hybridized carbons (Fsp3) is 0.417. The van der Waals surface area contributed by atoms with Gasteiger partial charge in [-0.15, -0.1) is 0 Å². The summed E-state index contributed by atoms with van der Waals surface area (Å²) >= 11 is 0. The molecule has 1 atom stereocenters. The first-order chi connectivity index (χ1) is 8.09. The van der Waals surface area contributed by atoms with Gasteiger partial charge in [0.2, 0.25) is 0 Å². The lowest BCUT2D eigenvalue weighted by Crippen LogP contribution is -2.40. The number of pyridine rings is 1. The zero-order valence-corrected chi connectivity index (χ0v) is 9.59. The van der Waals surface area contributed by atoms with Crippen molar-refractivity contribution in [3.63, 3.8) is 0 Å². The van der Waals surface area contributed by atoms with Crippen molar-refractivity contribution >= 4 is 11.9 Å². The summed E-state index contributed by atoms with van der Waals surface area (Å²) in [4.78, 5) is 28.5. The number of carboxylic acids is 1. The molecule has 2 rings (SSSR count). The number of carbonyl (C=O) groups excluding carboxylic acids is 1. The summed E-state index contributed by atoms with van der Waals surface area (Å²) in [5.74, 6) is -1.18. The maximum absolute atomic E-state index is 12.1. The molecule has 1 unspecified atom stereocenters. The van der Waals surface area contributed by atoms with Crippen LogP contribution in [0.3, 0.4) is 0 Å². The van der Waals surface area contributed by atoms with E-state index in [1.165, 1.54) is 11.1 Å². The summed E-state index contributed by atoms with van der Waals surface area (Å²) in [5, 5.41) is 9.01. The Hall–Kier alpha value is -1.91. The molecule has 1 fully saturated rings. The van der Waals surface area contributed by atoms with Crippen LogP contribution in [-0.4, -0.2) is 39.5 Å². The number of hydrogen-bond acceptors (Lipinski definition) is 3. The number of amides is 1. The van der Waals surface area contributed by atoms with Crippen LogP contribution >= 0.6 is 0 Å². The summed E-state index contributed by atoms with van der Waals surface area (Å²) in [6.45, 7) is 2.34. The van der Waals surface area contributed by atoms with Crippen molar-refractivity contribution in [1.29, 1.82) is 0 Å². The molecule has 1 aliphatic heterocycles. The Morgan fingerprint density at radius 2 is 2.24 bits per heavy atom. The maximum atomic E-state index is 12.1. The molecule has 1 saturated heterocycles. The lowest BCUT2D eigenvalue weighted by atomic mass is 10.2. The molecule has 0 aromatic carbocycles. The lowest BCUT2D eigenvalue weighted by Gasteiger charge is -2.21. The van der Waals surface area contributed by atoms with Crippen LogP contribution in [0.5, 0.6) is 0 Å². The predicted octanol–water partition coefficient (Wildman–Crippen LogP) is 1.08. The molecule has 0 bridgehead atoms. The van der Waals surface area contributed by atoms with E-state index in [0.29, 0.717) is 18.5 Å². The standard InChI is InChI=1S/C12H14N2O3/c1-8-4-5-9(7-13-8)11(15)14-6-2-3-10(14)12(16)17/h4-5,7,10H,2-3,6H2,1H3,(H,16,17). The average Bonchev–Trinajstić information content (AvgIpc) is 2.78. The maximum Gasteiger partial charge on any atom is 0.326 e. The lowest BCUT2D eigenvalue weighted by molar-refractivity contribution is -0.141. The summed E-state index contributed by atoms with van der Waals surface area (Å²) in [5.41, 5.74) is 1.28. The van der Waals surface area contributed by atoms with Gasteiger partial charge in [-0.05, 0) is 31.9 Å². The number of rotatable bonds is 2. The Balaban J connectivity index is 2.19. The Morgan fingerprint density at radius 3 is 2.82 bits per heavy atom. The minimum atomic E-state index is -0.934. The van der Waals surface area contributed by atoms with E-state index in [9.17, 15) is 9.59 Å². The van der Waals surface area contributed by atoms with E-state index in [1.54, 1.807) is 12.1 Å². The largest absolute Gasteiger partial charge is 0.480 e. The van der Waals surface area contributed by atoms with E-state index in [-0.39, 0.29) is 5.91 Å². The van der Waals surface area contributed by atoms with Crippen LogP contribution in [0.15, 0.2) is 18.3 Å². The van der Waals surface area contributed by atoms with Crippen molar-refractivity contribution in [1.82, 2.24) is 9.88 Å². The minimum absolute atomic E-state index is 0.248. The number of aromatic nitrogens is 1. The molecule has 90 valence electrons. The second kappa shape index (κ2) is 4.53. The highest BCUT2D eigenvalue weighted by Gasteiger charge is 2.34. The van der Waals surface area contributed by atoms with Crippen LogP contribution in [0.25, 0.3) is 0 Å². The molecule has 17 heavy (non-hydrogen) atoms. The highest BCUT2D eigenvalue weighted by Crippen LogP contribution is 2.20. The van der Waals surface area contributed by atoms with E-state index >= 15 is 0 Å². The number of likely N-dealkylation sites (tertiary alicyclic amines) is 1. The third kappa shape index (κ3) is 2.27. The van der Waals surface area contributed by atoms with E-state index < -0.39 is 12.0 Å². The molecule has 1 amide bonds. The van der Waals surface area contributed by atoms with Gasteiger partial charge >= 0.3 is 5.97 Å². The van der Waals surface area contributed by atoms with Gasteiger partial charge in [-0.3, -0.25) is 9.78 Å². The third-order valence-corrected chi connectivity index (χ3v) is 2.96. The highest BCUT2D eigenvalue weighted by molar-refractivity contribution is 5.96. The Labute approximate surface area is 99.1 Å². The predicted molar refractivity (Wildman–Crippen MR) is 60.7 cm³/mol. The zero-order chi connectivity index (χ0) is 12.4. The number of nitrogens with zero attached hydrogens (tertiary/aromatic N) is 2. The Morgan fingerprint density at radius 1 is 1.47 bits per heavy atom. The van der Waals surface area contributed by atoms with Gasteiger partial charge in [0.25, 0.3) is 5.91 Å². The summed E-state index contributed by atoms with van der Waals surface area (Å²) < 4.78 is 0. The summed E-state index contributed by atoms with van der Waals surface area (Å²) in [6.07, 6.45) is 2.76. The number of hydrogen-bond donors (Lipinski definition) is 1. The monoisotopic (exact) mass is 234 g/mol. The van der Waals surface area contributed by atoms with Crippen LogP contribution in [0.4, 0.5) is 0 Å². The fourth-order valence-corrected chi connectivity index (χ4v) is 2.03. The molecule has 1 aromatic heterocycles. The second-order valence-electron chi connectivity index (χ2n) is 4.18. The molecule has 0 aliphatic carbocycles. The highest BCUT2D eigenvalue weighted by atomic mass is 16.4. The molecule has 0 spiro atoms.